The van der Waals surface area contributed by atoms with Crippen LogP contribution in [0.15, 0.2) is 41.3 Å². The Balaban J connectivity index is 2.12. The Morgan fingerprint density at radius 3 is 2.94 bits per heavy atom. The molecule has 2 rings (SSSR count). The van der Waals surface area contributed by atoms with Gasteiger partial charge in [0.1, 0.15) is 0 Å². The van der Waals surface area contributed by atoms with Crippen LogP contribution in [0.25, 0.3) is 0 Å². The fraction of sp³-hybridized carbons (Fsp3) is 0.429. The van der Waals surface area contributed by atoms with Crippen LogP contribution in [0, 0.1) is 0 Å². The normalized spacial score (nSPS) is 20.5. The van der Waals surface area contributed by atoms with Crippen molar-refractivity contribution in [2.45, 2.75) is 36.5 Å². The molecule has 1 heterocycles. The highest BCUT2D eigenvalue weighted by Crippen LogP contribution is 2.39. The van der Waals surface area contributed by atoms with Crippen LogP contribution >= 0.6 is 11.8 Å². The van der Waals surface area contributed by atoms with Crippen LogP contribution < -0.4 is 5.32 Å². The Morgan fingerprint density at radius 2 is 2.31 bits per heavy atom. The number of rotatable bonds is 4. The maximum Gasteiger partial charge on any atom is 0.0401 e. The van der Waals surface area contributed by atoms with Gasteiger partial charge in [-0.15, -0.1) is 11.8 Å². The van der Waals surface area contributed by atoms with Gasteiger partial charge in [0.25, 0.3) is 0 Å². The molecular weight excluding hydrogens is 214 g/mol. The Kier molecular flexibility index (Phi) is 3.72. The lowest BCUT2D eigenvalue weighted by molar-refractivity contribution is 0.568. The molecule has 0 amide bonds. The summed E-state index contributed by atoms with van der Waals surface area (Å²) in [5.41, 5.74) is 2.73. The minimum atomic E-state index is 0.433. The zero-order valence-electron chi connectivity index (χ0n) is 9.99. The van der Waals surface area contributed by atoms with E-state index in [-0.39, 0.29) is 0 Å². The molecule has 0 saturated carbocycles. The summed E-state index contributed by atoms with van der Waals surface area (Å²) in [7, 11) is 0. The van der Waals surface area contributed by atoms with Crippen LogP contribution in [0.4, 0.5) is 0 Å². The molecule has 0 saturated heterocycles. The van der Waals surface area contributed by atoms with E-state index in [0.717, 1.165) is 13.0 Å². The van der Waals surface area contributed by atoms with E-state index in [0.29, 0.717) is 11.3 Å². The van der Waals surface area contributed by atoms with E-state index in [2.05, 4.69) is 50.0 Å². The molecule has 86 valence electrons. The topological polar surface area (TPSA) is 12.0 Å². The van der Waals surface area contributed by atoms with Crippen LogP contribution in [-0.4, -0.2) is 17.8 Å². The number of benzene rings is 1. The molecule has 1 aromatic carbocycles. The van der Waals surface area contributed by atoms with Crippen molar-refractivity contribution < 1.29 is 0 Å². The summed E-state index contributed by atoms with van der Waals surface area (Å²) in [6, 6.07) is 9.15. The predicted octanol–water partition coefficient (Wildman–Crippen LogP) is 3.26. The average Bonchev–Trinajstić information content (AvgIpc) is 2.68. The number of thioether (sulfide) groups is 1. The smallest absolute Gasteiger partial charge is 0.0401 e. The van der Waals surface area contributed by atoms with E-state index in [4.69, 9.17) is 0 Å². The van der Waals surface area contributed by atoms with E-state index in [9.17, 15) is 0 Å². The zero-order chi connectivity index (χ0) is 11.5. The highest BCUT2D eigenvalue weighted by Gasteiger charge is 2.28. The third-order valence-corrected chi connectivity index (χ3v) is 4.39. The van der Waals surface area contributed by atoms with Crippen molar-refractivity contribution in [3.05, 3.63) is 42.0 Å². The number of likely N-dealkylation sites (N-methyl/N-ethyl adjacent to an activating group) is 1. The van der Waals surface area contributed by atoms with E-state index in [1.807, 2.05) is 11.8 Å². The van der Waals surface area contributed by atoms with Gasteiger partial charge in [-0.2, -0.15) is 0 Å². The Labute approximate surface area is 102 Å². The Hall–Kier alpha value is -0.730. The molecule has 0 spiro atoms. The molecule has 0 aromatic heterocycles. The van der Waals surface area contributed by atoms with Crippen molar-refractivity contribution in [1.82, 2.24) is 5.32 Å². The number of fused-ring (bicyclic) bond motifs is 1. The quantitative estimate of drug-likeness (QED) is 0.801. The summed E-state index contributed by atoms with van der Waals surface area (Å²) in [6.07, 6.45) is 1.16. The second-order valence-corrected chi connectivity index (χ2v) is 5.63. The lowest BCUT2D eigenvalue weighted by Gasteiger charge is -2.23. The summed E-state index contributed by atoms with van der Waals surface area (Å²) < 4.78 is 0. The molecule has 1 N–H and O–H groups in total. The van der Waals surface area contributed by atoms with Crippen LogP contribution in [0.2, 0.25) is 0 Å². The van der Waals surface area contributed by atoms with Gasteiger partial charge in [0.2, 0.25) is 0 Å². The van der Waals surface area contributed by atoms with E-state index in [1.165, 1.54) is 16.0 Å². The molecule has 0 radical (unpaired) electrons. The average molecular weight is 233 g/mol. The summed E-state index contributed by atoms with van der Waals surface area (Å²) in [5, 5.41) is 4.14. The van der Waals surface area contributed by atoms with Crippen molar-refractivity contribution in [2.24, 2.45) is 0 Å². The highest BCUT2D eigenvalue weighted by molar-refractivity contribution is 8.00. The summed E-state index contributed by atoms with van der Waals surface area (Å²) in [5.74, 6) is 0. The van der Waals surface area contributed by atoms with Crippen molar-refractivity contribution in [3.8, 4) is 0 Å². The Bertz CT molecular complexity index is 361. The van der Waals surface area contributed by atoms with Gasteiger partial charge in [0.15, 0.2) is 0 Å². The van der Waals surface area contributed by atoms with E-state index >= 15 is 0 Å². The molecule has 0 aliphatic carbocycles. The minimum absolute atomic E-state index is 0.433. The highest BCUT2D eigenvalue weighted by atomic mass is 32.2. The second kappa shape index (κ2) is 5.07. The summed E-state index contributed by atoms with van der Waals surface area (Å²) in [4.78, 5) is 1.44. The fourth-order valence-electron chi connectivity index (χ4n) is 2.24. The van der Waals surface area contributed by atoms with E-state index < -0.39 is 0 Å². The molecule has 0 bridgehead atoms. The largest absolute Gasteiger partial charge is 0.310 e. The van der Waals surface area contributed by atoms with Crippen LogP contribution in [-0.2, 0) is 6.42 Å². The van der Waals surface area contributed by atoms with Crippen LogP contribution in [0.3, 0.4) is 0 Å². The maximum absolute atomic E-state index is 4.11. The predicted molar refractivity (Wildman–Crippen MR) is 72.1 cm³/mol. The molecule has 16 heavy (non-hydrogen) atoms. The van der Waals surface area contributed by atoms with Crippen molar-refractivity contribution in [3.63, 3.8) is 0 Å². The minimum Gasteiger partial charge on any atom is -0.310 e. The maximum atomic E-state index is 4.11. The summed E-state index contributed by atoms with van der Waals surface area (Å²) >= 11 is 1.99. The first-order valence-corrected chi connectivity index (χ1v) is 6.73. The molecule has 2 atom stereocenters. The van der Waals surface area contributed by atoms with Crippen LogP contribution in [0.1, 0.15) is 19.4 Å². The van der Waals surface area contributed by atoms with Gasteiger partial charge >= 0.3 is 0 Å². The number of hydrogen-bond acceptors (Lipinski definition) is 2. The zero-order valence-corrected chi connectivity index (χ0v) is 10.8. The van der Waals surface area contributed by atoms with E-state index in [1.54, 1.807) is 0 Å². The number of hydrogen-bond donors (Lipinski definition) is 1. The van der Waals surface area contributed by atoms with Crippen LogP contribution in [0.5, 0.6) is 0 Å². The van der Waals surface area contributed by atoms with Crippen molar-refractivity contribution >= 4 is 11.8 Å². The first-order chi connectivity index (χ1) is 7.72. The lowest BCUT2D eigenvalue weighted by atomic mass is 10.0. The van der Waals surface area contributed by atoms with Gasteiger partial charge in [-0.1, -0.05) is 37.3 Å². The first kappa shape index (κ1) is 11.7. The van der Waals surface area contributed by atoms with Crippen molar-refractivity contribution in [1.29, 1.82) is 0 Å². The van der Waals surface area contributed by atoms with Gasteiger partial charge in [0.05, 0.1) is 0 Å². The molecule has 2 heteroatoms. The first-order valence-electron chi connectivity index (χ1n) is 5.85. The molecule has 1 aromatic rings. The molecule has 1 aliphatic rings. The lowest BCUT2D eigenvalue weighted by Crippen LogP contribution is -2.38. The monoisotopic (exact) mass is 233 g/mol. The third kappa shape index (κ3) is 2.33. The molecule has 1 aliphatic heterocycles. The number of nitrogens with one attached hydrogen (secondary N) is 1. The molecule has 0 fully saturated rings. The van der Waals surface area contributed by atoms with Gasteiger partial charge in [-0.3, -0.25) is 0 Å². The van der Waals surface area contributed by atoms with Gasteiger partial charge in [-0.25, -0.2) is 0 Å². The fourth-order valence-corrected chi connectivity index (χ4v) is 3.75. The van der Waals surface area contributed by atoms with Gasteiger partial charge < -0.3 is 5.32 Å². The second-order valence-electron chi connectivity index (χ2n) is 4.35. The molecule has 2 unspecified atom stereocenters. The van der Waals surface area contributed by atoms with Gasteiger partial charge in [-0.05, 0) is 31.5 Å². The summed E-state index contributed by atoms with van der Waals surface area (Å²) in [6.45, 7) is 9.39. The molecular formula is C14H19NS. The van der Waals surface area contributed by atoms with Crippen molar-refractivity contribution in [2.75, 3.05) is 6.54 Å². The van der Waals surface area contributed by atoms with Gasteiger partial charge in [0, 0.05) is 16.2 Å². The Morgan fingerprint density at radius 1 is 1.56 bits per heavy atom. The third-order valence-electron chi connectivity index (χ3n) is 3.00. The standard InChI is InChI=1S/C14H19NS/c1-4-15-14(10(2)3)13-9-11-7-5-6-8-12(11)16-13/h5-8,13-15H,2,4,9H2,1,3H3. The molecule has 1 nitrogen and oxygen atoms in total. The SMILES string of the molecule is C=C(C)C(NCC)C1Cc2ccccc2S1.